The van der Waals surface area contributed by atoms with Crippen LogP contribution in [0.5, 0.6) is 0 Å². The zero-order valence-electron chi connectivity index (χ0n) is 12.4. The summed E-state index contributed by atoms with van der Waals surface area (Å²) in [4.78, 5) is 8.17. The second-order valence-electron chi connectivity index (χ2n) is 5.22. The van der Waals surface area contributed by atoms with Gasteiger partial charge in [-0.1, -0.05) is 19.1 Å². The summed E-state index contributed by atoms with van der Waals surface area (Å²) in [7, 11) is 0. The van der Waals surface area contributed by atoms with Gasteiger partial charge >= 0.3 is 0 Å². The maximum atomic E-state index is 10.1. The van der Waals surface area contributed by atoms with Gasteiger partial charge in [0.25, 0.3) is 0 Å². The second-order valence-corrected chi connectivity index (χ2v) is 5.22. The number of aryl methyl sites for hydroxylation is 1. The molecule has 4 heteroatoms. The van der Waals surface area contributed by atoms with Gasteiger partial charge in [0.1, 0.15) is 0 Å². The second kappa shape index (κ2) is 8.49. The van der Waals surface area contributed by atoms with Crippen molar-refractivity contribution in [1.29, 1.82) is 0 Å². The van der Waals surface area contributed by atoms with Crippen molar-refractivity contribution in [3.05, 3.63) is 60.2 Å². The van der Waals surface area contributed by atoms with Gasteiger partial charge in [0.15, 0.2) is 0 Å². The third kappa shape index (κ3) is 5.25. The highest BCUT2D eigenvalue weighted by Crippen LogP contribution is 2.11. The van der Waals surface area contributed by atoms with Gasteiger partial charge in [-0.15, -0.1) is 0 Å². The zero-order valence-corrected chi connectivity index (χ0v) is 12.4. The Labute approximate surface area is 126 Å². The van der Waals surface area contributed by atoms with Crippen molar-refractivity contribution in [3.8, 4) is 0 Å². The lowest BCUT2D eigenvalue weighted by Crippen LogP contribution is -2.32. The summed E-state index contributed by atoms with van der Waals surface area (Å²) in [5.41, 5.74) is 2.11. The van der Waals surface area contributed by atoms with Crippen LogP contribution in [0.1, 0.15) is 37.0 Å². The number of nitrogens with zero attached hydrogens (tertiary/aromatic N) is 2. The normalized spacial score (nSPS) is 13.8. The van der Waals surface area contributed by atoms with Gasteiger partial charge in [0.2, 0.25) is 0 Å². The lowest BCUT2D eigenvalue weighted by atomic mass is 10.0. The highest BCUT2D eigenvalue weighted by molar-refractivity contribution is 5.12. The van der Waals surface area contributed by atoms with E-state index >= 15 is 0 Å². The summed E-state index contributed by atoms with van der Waals surface area (Å²) in [6.07, 6.45) is 9.71. The Morgan fingerprint density at radius 3 is 2.52 bits per heavy atom. The molecule has 2 N–H and O–H groups in total. The van der Waals surface area contributed by atoms with Gasteiger partial charge in [0.05, 0.1) is 6.10 Å². The molecule has 0 bridgehead atoms. The van der Waals surface area contributed by atoms with E-state index in [1.807, 2.05) is 24.4 Å². The van der Waals surface area contributed by atoms with Crippen LogP contribution in [0, 0.1) is 0 Å². The van der Waals surface area contributed by atoms with Gasteiger partial charge in [-0.2, -0.15) is 0 Å². The van der Waals surface area contributed by atoms with Crippen LogP contribution in [0.3, 0.4) is 0 Å². The van der Waals surface area contributed by atoms with Crippen molar-refractivity contribution >= 4 is 0 Å². The predicted molar refractivity (Wildman–Crippen MR) is 83.8 cm³/mol. The first kappa shape index (κ1) is 15.6. The molecule has 2 heterocycles. The Bertz CT molecular complexity index is 504. The molecular formula is C17H23N3O. The molecule has 2 rings (SSSR count). The molecule has 0 aliphatic carbocycles. The summed E-state index contributed by atoms with van der Waals surface area (Å²) < 4.78 is 0. The highest BCUT2D eigenvalue weighted by Gasteiger charge is 2.11. The molecular weight excluding hydrogens is 262 g/mol. The average molecular weight is 285 g/mol. The van der Waals surface area contributed by atoms with Crippen molar-refractivity contribution in [1.82, 2.24) is 15.3 Å². The van der Waals surface area contributed by atoms with Crippen LogP contribution >= 0.6 is 0 Å². The van der Waals surface area contributed by atoms with Gasteiger partial charge in [-0.3, -0.25) is 9.97 Å². The largest absolute Gasteiger partial charge is 0.387 e. The van der Waals surface area contributed by atoms with Gasteiger partial charge in [0, 0.05) is 42.9 Å². The molecule has 0 fully saturated rings. The third-order valence-electron chi connectivity index (χ3n) is 3.67. The minimum absolute atomic E-state index is 0.400. The van der Waals surface area contributed by atoms with Crippen LogP contribution in [-0.4, -0.2) is 27.7 Å². The number of nitrogens with one attached hydrogen (secondary N) is 1. The van der Waals surface area contributed by atoms with Gasteiger partial charge < -0.3 is 10.4 Å². The van der Waals surface area contributed by atoms with E-state index in [0.29, 0.717) is 12.6 Å². The number of pyridine rings is 2. The maximum absolute atomic E-state index is 10.1. The fourth-order valence-electron chi connectivity index (χ4n) is 2.31. The van der Waals surface area contributed by atoms with E-state index in [1.54, 1.807) is 18.6 Å². The summed E-state index contributed by atoms with van der Waals surface area (Å²) in [5, 5.41) is 13.6. The Morgan fingerprint density at radius 2 is 1.90 bits per heavy atom. The summed E-state index contributed by atoms with van der Waals surface area (Å²) in [5.74, 6) is 0. The van der Waals surface area contributed by atoms with Crippen molar-refractivity contribution < 1.29 is 5.11 Å². The minimum atomic E-state index is -0.508. The zero-order chi connectivity index (χ0) is 14.9. The number of aliphatic hydroxyl groups excluding tert-OH is 1. The molecule has 0 amide bonds. The molecule has 2 aromatic heterocycles. The number of aromatic nitrogens is 2. The van der Waals surface area contributed by atoms with E-state index in [1.165, 1.54) is 5.56 Å². The van der Waals surface area contributed by atoms with Crippen LogP contribution in [0.15, 0.2) is 49.1 Å². The molecule has 0 saturated heterocycles. The molecule has 0 aliphatic heterocycles. The molecule has 0 aromatic carbocycles. The Balaban J connectivity index is 1.77. The van der Waals surface area contributed by atoms with E-state index < -0.39 is 6.10 Å². The SMILES string of the molecule is CCC(CCc1cccnc1)NCC(O)c1cccnc1. The van der Waals surface area contributed by atoms with Gasteiger partial charge in [-0.05, 0) is 37.0 Å². The van der Waals surface area contributed by atoms with Crippen LogP contribution in [0.4, 0.5) is 0 Å². The predicted octanol–water partition coefficient (Wildman–Crippen LogP) is 2.51. The van der Waals surface area contributed by atoms with Crippen molar-refractivity contribution in [2.45, 2.75) is 38.3 Å². The first-order valence-electron chi connectivity index (χ1n) is 7.50. The number of rotatable bonds is 8. The number of hydrogen-bond acceptors (Lipinski definition) is 4. The molecule has 0 spiro atoms. The van der Waals surface area contributed by atoms with Gasteiger partial charge in [-0.25, -0.2) is 0 Å². The summed E-state index contributed by atoms with van der Waals surface area (Å²) >= 11 is 0. The molecule has 0 radical (unpaired) electrons. The van der Waals surface area contributed by atoms with E-state index in [9.17, 15) is 5.11 Å². The van der Waals surface area contributed by atoms with Crippen LogP contribution in [0.2, 0.25) is 0 Å². The minimum Gasteiger partial charge on any atom is -0.387 e. The molecule has 0 aliphatic rings. The summed E-state index contributed by atoms with van der Waals surface area (Å²) in [6.45, 7) is 2.72. The maximum Gasteiger partial charge on any atom is 0.0929 e. The molecule has 2 unspecified atom stereocenters. The molecule has 4 nitrogen and oxygen atoms in total. The highest BCUT2D eigenvalue weighted by atomic mass is 16.3. The fraction of sp³-hybridized carbons (Fsp3) is 0.412. The molecule has 112 valence electrons. The fourth-order valence-corrected chi connectivity index (χ4v) is 2.31. The first-order chi connectivity index (χ1) is 10.3. The number of hydrogen-bond donors (Lipinski definition) is 2. The van der Waals surface area contributed by atoms with Crippen molar-refractivity contribution in [2.24, 2.45) is 0 Å². The quantitative estimate of drug-likeness (QED) is 0.782. The first-order valence-corrected chi connectivity index (χ1v) is 7.50. The smallest absolute Gasteiger partial charge is 0.0929 e. The monoisotopic (exact) mass is 285 g/mol. The van der Waals surface area contributed by atoms with Crippen molar-refractivity contribution in [2.75, 3.05) is 6.54 Å². The Morgan fingerprint density at radius 1 is 1.14 bits per heavy atom. The average Bonchev–Trinajstić information content (AvgIpc) is 2.56. The molecule has 2 aromatic rings. The third-order valence-corrected chi connectivity index (χ3v) is 3.67. The molecule has 2 atom stereocenters. The Kier molecular flexibility index (Phi) is 6.31. The van der Waals surface area contributed by atoms with Crippen LogP contribution < -0.4 is 5.32 Å². The molecule has 21 heavy (non-hydrogen) atoms. The van der Waals surface area contributed by atoms with Crippen molar-refractivity contribution in [3.63, 3.8) is 0 Å². The van der Waals surface area contributed by atoms with Crippen LogP contribution in [-0.2, 0) is 6.42 Å². The van der Waals surface area contributed by atoms with Crippen LogP contribution in [0.25, 0.3) is 0 Å². The summed E-state index contributed by atoms with van der Waals surface area (Å²) in [6, 6.07) is 8.21. The Hall–Kier alpha value is -1.78. The van der Waals surface area contributed by atoms with E-state index in [4.69, 9.17) is 0 Å². The lowest BCUT2D eigenvalue weighted by Gasteiger charge is -2.19. The van der Waals surface area contributed by atoms with E-state index in [-0.39, 0.29) is 0 Å². The van der Waals surface area contributed by atoms with E-state index in [2.05, 4.69) is 28.3 Å². The molecule has 0 saturated carbocycles. The van der Waals surface area contributed by atoms with E-state index in [0.717, 1.165) is 24.8 Å². The standard InChI is InChI=1S/C17H23N3O/c1-2-16(8-7-14-5-3-9-18-11-14)20-13-17(21)15-6-4-10-19-12-15/h3-6,9-12,16-17,20-21H,2,7-8,13H2,1H3. The lowest BCUT2D eigenvalue weighted by molar-refractivity contribution is 0.168. The number of aliphatic hydroxyl groups is 1. The topological polar surface area (TPSA) is 58.0 Å².